The first kappa shape index (κ1) is 17.7. The quantitative estimate of drug-likeness (QED) is 0.611. The van der Waals surface area contributed by atoms with Gasteiger partial charge in [0.25, 0.3) is 0 Å². The Hall–Kier alpha value is -0.650. The summed E-state index contributed by atoms with van der Waals surface area (Å²) in [5, 5.41) is 41.7. The van der Waals surface area contributed by atoms with Crippen molar-refractivity contribution in [1.29, 1.82) is 0 Å². The average molecular weight is 352 g/mol. The van der Waals surface area contributed by atoms with Crippen LogP contribution in [0, 0.1) is 28.1 Å². The van der Waals surface area contributed by atoms with Gasteiger partial charge in [0.1, 0.15) is 5.60 Å². The number of fused-ring (bicyclic) bond motifs is 3. The van der Waals surface area contributed by atoms with Crippen LogP contribution in [0.4, 0.5) is 0 Å². The first-order valence-electron chi connectivity index (χ1n) is 9.84. The van der Waals surface area contributed by atoms with Crippen molar-refractivity contribution in [2.24, 2.45) is 28.1 Å². The number of aliphatic hydroxyl groups is 3. The second kappa shape index (κ2) is 4.99. The van der Waals surface area contributed by atoms with Crippen LogP contribution in [0.25, 0.3) is 0 Å². The molecule has 7 atom stereocenters. The number of carboxylic acids is 1. The molecule has 0 aromatic rings. The van der Waals surface area contributed by atoms with Gasteiger partial charge in [-0.05, 0) is 81.0 Å². The summed E-state index contributed by atoms with van der Waals surface area (Å²) in [6.45, 7) is 3.79. The van der Waals surface area contributed by atoms with Crippen LogP contribution >= 0.6 is 0 Å². The van der Waals surface area contributed by atoms with E-state index in [4.69, 9.17) is 0 Å². The number of aliphatic carboxylic acids is 1. The van der Waals surface area contributed by atoms with Gasteiger partial charge in [-0.25, -0.2) is 0 Å². The molecule has 4 saturated carbocycles. The molecule has 0 amide bonds. The minimum absolute atomic E-state index is 0.0638. The molecule has 0 aromatic heterocycles. The number of hydrogen-bond acceptors (Lipinski definition) is 4. The van der Waals surface area contributed by atoms with Crippen molar-refractivity contribution in [2.75, 3.05) is 6.61 Å². The first-order valence-corrected chi connectivity index (χ1v) is 9.84. The molecular weight excluding hydrogens is 320 g/mol. The van der Waals surface area contributed by atoms with Gasteiger partial charge in [-0.2, -0.15) is 0 Å². The SMILES string of the molecule is C[C@@]12CCC[C@@](C)(C(=O)O)[C@H]1CC[C@]13C[C@@](O)(CO)[C@](O)(CC[C@H]12)C3. The van der Waals surface area contributed by atoms with Gasteiger partial charge in [0.2, 0.25) is 0 Å². The minimum atomic E-state index is -1.41. The summed E-state index contributed by atoms with van der Waals surface area (Å²) in [4.78, 5) is 12.1. The zero-order valence-corrected chi connectivity index (χ0v) is 15.4. The largest absolute Gasteiger partial charge is 0.481 e. The first-order chi connectivity index (χ1) is 11.6. The Balaban J connectivity index is 1.75. The Morgan fingerprint density at radius 2 is 1.68 bits per heavy atom. The highest BCUT2D eigenvalue weighted by atomic mass is 16.4. The van der Waals surface area contributed by atoms with Crippen molar-refractivity contribution < 1.29 is 25.2 Å². The Morgan fingerprint density at radius 3 is 2.32 bits per heavy atom. The van der Waals surface area contributed by atoms with Crippen molar-refractivity contribution in [3.8, 4) is 0 Å². The van der Waals surface area contributed by atoms with Crippen LogP contribution in [0.1, 0.15) is 71.6 Å². The lowest BCUT2D eigenvalue weighted by atomic mass is 9.41. The molecule has 4 aliphatic rings. The zero-order chi connectivity index (χ0) is 18.3. The predicted octanol–water partition coefficient (Wildman–Crippen LogP) is 2.32. The van der Waals surface area contributed by atoms with E-state index in [1.54, 1.807) is 0 Å². The lowest BCUT2D eigenvalue weighted by Gasteiger charge is -2.63. The molecule has 2 bridgehead atoms. The van der Waals surface area contributed by atoms with E-state index in [9.17, 15) is 25.2 Å². The summed E-state index contributed by atoms with van der Waals surface area (Å²) in [7, 11) is 0. The number of aliphatic hydroxyl groups excluding tert-OH is 1. The summed E-state index contributed by atoms with van der Waals surface area (Å²) >= 11 is 0. The van der Waals surface area contributed by atoms with Crippen molar-refractivity contribution in [3.63, 3.8) is 0 Å². The monoisotopic (exact) mass is 352 g/mol. The molecule has 4 fully saturated rings. The fraction of sp³-hybridized carbons (Fsp3) is 0.950. The fourth-order valence-corrected chi connectivity index (χ4v) is 8.06. The Labute approximate surface area is 149 Å². The van der Waals surface area contributed by atoms with Crippen LogP contribution in [0.3, 0.4) is 0 Å². The van der Waals surface area contributed by atoms with E-state index in [1.807, 2.05) is 6.92 Å². The van der Waals surface area contributed by atoms with Crippen LogP contribution in [0.5, 0.6) is 0 Å². The van der Waals surface area contributed by atoms with Crippen molar-refractivity contribution >= 4 is 5.97 Å². The molecule has 0 unspecified atom stereocenters. The molecule has 0 heterocycles. The van der Waals surface area contributed by atoms with Crippen molar-refractivity contribution in [3.05, 3.63) is 0 Å². The van der Waals surface area contributed by atoms with Crippen LogP contribution in [-0.4, -0.2) is 44.2 Å². The molecule has 4 N–H and O–H groups in total. The number of rotatable bonds is 2. The maximum atomic E-state index is 12.1. The molecule has 25 heavy (non-hydrogen) atoms. The highest BCUT2D eigenvalue weighted by molar-refractivity contribution is 5.75. The second-order valence-electron chi connectivity index (χ2n) is 10.2. The van der Waals surface area contributed by atoms with Gasteiger partial charge in [0.05, 0.1) is 17.6 Å². The average Bonchev–Trinajstić information content (AvgIpc) is 2.69. The van der Waals surface area contributed by atoms with E-state index >= 15 is 0 Å². The summed E-state index contributed by atoms with van der Waals surface area (Å²) in [6, 6.07) is 0. The topological polar surface area (TPSA) is 98.0 Å². The number of carboxylic acid groups (broad SMARTS) is 1. The summed E-state index contributed by atoms with van der Waals surface area (Å²) in [5.41, 5.74) is -3.49. The van der Waals surface area contributed by atoms with Crippen molar-refractivity contribution in [1.82, 2.24) is 0 Å². The van der Waals surface area contributed by atoms with Gasteiger partial charge in [0, 0.05) is 0 Å². The smallest absolute Gasteiger partial charge is 0.309 e. The molecule has 0 saturated heterocycles. The van der Waals surface area contributed by atoms with Crippen LogP contribution in [0.2, 0.25) is 0 Å². The van der Waals surface area contributed by atoms with Gasteiger partial charge in [-0.1, -0.05) is 13.3 Å². The van der Waals surface area contributed by atoms with Crippen LogP contribution in [-0.2, 0) is 4.79 Å². The van der Waals surface area contributed by atoms with Gasteiger partial charge in [-0.3, -0.25) is 4.79 Å². The van der Waals surface area contributed by atoms with E-state index in [-0.39, 0.29) is 16.7 Å². The Kier molecular flexibility index (Phi) is 3.54. The number of hydrogen-bond donors (Lipinski definition) is 4. The van der Waals surface area contributed by atoms with Gasteiger partial charge < -0.3 is 20.4 Å². The summed E-state index contributed by atoms with van der Waals surface area (Å²) in [6.07, 6.45) is 6.72. The van der Waals surface area contributed by atoms with Crippen LogP contribution in [0.15, 0.2) is 0 Å². The molecular formula is C20H32O5. The van der Waals surface area contributed by atoms with E-state index in [0.29, 0.717) is 25.2 Å². The van der Waals surface area contributed by atoms with Gasteiger partial charge >= 0.3 is 5.97 Å². The molecule has 4 rings (SSSR count). The predicted molar refractivity (Wildman–Crippen MR) is 91.8 cm³/mol. The number of carbonyl (C=O) groups is 1. The molecule has 4 aliphatic carbocycles. The highest BCUT2D eigenvalue weighted by Gasteiger charge is 2.72. The lowest BCUT2D eigenvalue weighted by Crippen LogP contribution is -2.59. The van der Waals surface area contributed by atoms with E-state index in [0.717, 1.165) is 38.5 Å². The zero-order valence-electron chi connectivity index (χ0n) is 15.4. The van der Waals surface area contributed by atoms with Crippen LogP contribution < -0.4 is 0 Å². The fourth-order valence-electron chi connectivity index (χ4n) is 8.06. The molecule has 0 radical (unpaired) electrons. The third-order valence-corrected chi connectivity index (χ3v) is 9.19. The molecule has 5 nitrogen and oxygen atoms in total. The maximum Gasteiger partial charge on any atom is 0.309 e. The molecule has 142 valence electrons. The van der Waals surface area contributed by atoms with E-state index in [1.165, 1.54) is 0 Å². The molecule has 0 aliphatic heterocycles. The minimum Gasteiger partial charge on any atom is -0.481 e. The Bertz CT molecular complexity index is 605. The van der Waals surface area contributed by atoms with Crippen molar-refractivity contribution in [2.45, 2.75) is 82.8 Å². The Morgan fingerprint density at radius 1 is 1.00 bits per heavy atom. The van der Waals surface area contributed by atoms with Gasteiger partial charge in [-0.15, -0.1) is 0 Å². The van der Waals surface area contributed by atoms with E-state index in [2.05, 4.69) is 6.92 Å². The normalized spacial score (nSPS) is 57.6. The molecule has 0 aromatic carbocycles. The second-order valence-corrected chi connectivity index (χ2v) is 10.2. The summed E-state index contributed by atoms with van der Waals surface area (Å²) < 4.78 is 0. The maximum absolute atomic E-state index is 12.1. The standard InChI is InChI=1S/C20H32O5/c1-16-6-3-7-17(2,15(22)23)13(16)4-8-18-10-19(24,9-5-14(16)18)20(25,11-18)12-21/h13-14,21,24-25H,3-12H2,1-2H3,(H,22,23)/t13-,14-,16+,17+,18-,19-,20+/m0/s1. The molecule has 5 heteroatoms. The lowest BCUT2D eigenvalue weighted by molar-refractivity contribution is -0.190. The third-order valence-electron chi connectivity index (χ3n) is 9.19. The molecule has 1 spiro atoms. The van der Waals surface area contributed by atoms with E-state index < -0.39 is 29.2 Å². The van der Waals surface area contributed by atoms with Gasteiger partial charge in [0.15, 0.2) is 0 Å². The third kappa shape index (κ3) is 1.98. The summed E-state index contributed by atoms with van der Waals surface area (Å²) in [5.74, 6) is -0.209. The highest BCUT2D eigenvalue weighted by Crippen LogP contribution is 2.73.